The van der Waals surface area contributed by atoms with Crippen LogP contribution in [-0.2, 0) is 26.5 Å². The Morgan fingerprint density at radius 1 is 0.474 bits per heavy atom. The third-order valence-corrected chi connectivity index (χ3v) is 5.91. The van der Waals surface area contributed by atoms with Crippen LogP contribution in [0.3, 0.4) is 0 Å². The maximum absolute atomic E-state index is 4.37. The molecule has 0 saturated heterocycles. The fraction of sp³-hybridized carbons (Fsp3) is 0.0286. The first kappa shape index (κ1) is 26.9. The first-order chi connectivity index (χ1) is 18.3. The molecule has 4 aromatic carbocycles. The van der Waals surface area contributed by atoms with Crippen molar-refractivity contribution >= 4 is 0 Å². The molecular weight excluding hydrogens is 641 g/mol. The Morgan fingerprint density at radius 2 is 1.03 bits per heavy atom. The molecule has 0 aliphatic heterocycles. The molecule has 6 aromatic rings. The number of rotatable bonds is 5. The summed E-state index contributed by atoms with van der Waals surface area (Å²) in [6.45, 7) is 0. The summed E-state index contributed by atoms with van der Waals surface area (Å²) in [4.78, 5) is 8.72. The molecule has 0 fully saturated rings. The maximum atomic E-state index is 4.37. The Morgan fingerprint density at radius 3 is 1.63 bits per heavy atom. The molecule has 1 radical (unpaired) electrons. The first-order valence-corrected chi connectivity index (χ1v) is 12.3. The van der Waals surface area contributed by atoms with E-state index < -0.39 is 0 Å². The van der Waals surface area contributed by atoms with Crippen LogP contribution in [0.15, 0.2) is 146 Å². The molecule has 0 N–H and O–H groups in total. The average molecular weight is 667 g/mol. The van der Waals surface area contributed by atoms with E-state index >= 15 is 0 Å². The number of benzene rings is 4. The van der Waals surface area contributed by atoms with Gasteiger partial charge in [0.2, 0.25) is 0 Å². The molecule has 0 atom stereocenters. The number of hydrogen-bond acceptors (Lipinski definition) is 2. The van der Waals surface area contributed by atoms with Gasteiger partial charge in [-0.25, -0.2) is 0 Å². The van der Waals surface area contributed by atoms with Gasteiger partial charge in [0.15, 0.2) is 0 Å². The molecule has 0 unspecified atom stereocenters. The molecule has 6 rings (SSSR count). The van der Waals surface area contributed by atoms with Crippen LogP contribution in [0, 0.1) is 12.1 Å². The van der Waals surface area contributed by atoms with E-state index in [-0.39, 0.29) is 20.1 Å². The Hall–Kier alpha value is -4.17. The SMILES string of the molecule is [Ir].[c-]1ccc(-c2ccccc2)cc1-c1ccccn1.[c-]1ccc(Cc2ccccc2)cc1-c1ccccn1. The van der Waals surface area contributed by atoms with Gasteiger partial charge in [-0.2, -0.15) is 0 Å². The second kappa shape index (κ2) is 13.9. The van der Waals surface area contributed by atoms with E-state index in [0.29, 0.717) is 0 Å². The second-order valence-electron chi connectivity index (χ2n) is 8.56. The van der Waals surface area contributed by atoms with Crippen molar-refractivity contribution < 1.29 is 20.1 Å². The topological polar surface area (TPSA) is 25.8 Å². The van der Waals surface area contributed by atoms with Crippen LogP contribution >= 0.6 is 0 Å². The Balaban J connectivity index is 0.000000173. The molecule has 0 bridgehead atoms. The fourth-order valence-electron chi connectivity index (χ4n) is 4.07. The van der Waals surface area contributed by atoms with E-state index in [1.165, 1.54) is 22.3 Å². The van der Waals surface area contributed by atoms with Crippen LogP contribution in [0.1, 0.15) is 11.1 Å². The summed E-state index contributed by atoms with van der Waals surface area (Å²) < 4.78 is 0. The van der Waals surface area contributed by atoms with Gasteiger partial charge in [0, 0.05) is 32.5 Å². The molecular formula is C35H26IrN2-2. The molecule has 38 heavy (non-hydrogen) atoms. The summed E-state index contributed by atoms with van der Waals surface area (Å²) in [5.74, 6) is 0. The minimum absolute atomic E-state index is 0. The molecule has 0 aliphatic rings. The quantitative estimate of drug-likeness (QED) is 0.173. The van der Waals surface area contributed by atoms with Crippen molar-refractivity contribution in [1.29, 1.82) is 0 Å². The zero-order chi connectivity index (χ0) is 25.1. The zero-order valence-corrected chi connectivity index (χ0v) is 23.2. The molecule has 0 amide bonds. The first-order valence-electron chi connectivity index (χ1n) is 12.3. The summed E-state index contributed by atoms with van der Waals surface area (Å²) in [6, 6.07) is 51.6. The van der Waals surface area contributed by atoms with Crippen LogP contribution in [-0.4, -0.2) is 9.97 Å². The summed E-state index contributed by atoms with van der Waals surface area (Å²) >= 11 is 0. The predicted octanol–water partition coefficient (Wildman–Crippen LogP) is 8.35. The average Bonchev–Trinajstić information content (AvgIpc) is 3.00. The smallest absolute Gasteiger partial charge is 0.0160 e. The van der Waals surface area contributed by atoms with Crippen molar-refractivity contribution in [3.05, 3.63) is 169 Å². The molecule has 3 heteroatoms. The fourth-order valence-corrected chi connectivity index (χ4v) is 4.07. The van der Waals surface area contributed by atoms with Crippen LogP contribution in [0.5, 0.6) is 0 Å². The number of nitrogens with zero attached hydrogens (tertiary/aromatic N) is 2. The number of pyridine rings is 2. The van der Waals surface area contributed by atoms with Crippen molar-refractivity contribution in [3.8, 4) is 33.6 Å². The third kappa shape index (κ3) is 7.43. The van der Waals surface area contributed by atoms with E-state index in [1.807, 2.05) is 79.0 Å². The van der Waals surface area contributed by atoms with Crippen LogP contribution in [0.25, 0.3) is 33.6 Å². The summed E-state index contributed by atoms with van der Waals surface area (Å²) in [5, 5.41) is 0. The molecule has 2 nitrogen and oxygen atoms in total. The van der Waals surface area contributed by atoms with E-state index in [2.05, 4.69) is 82.8 Å². The summed E-state index contributed by atoms with van der Waals surface area (Å²) in [6.07, 6.45) is 4.56. The van der Waals surface area contributed by atoms with E-state index in [9.17, 15) is 0 Å². The molecule has 2 aromatic heterocycles. The number of hydrogen-bond donors (Lipinski definition) is 0. The molecule has 0 spiro atoms. The van der Waals surface area contributed by atoms with Gasteiger partial charge in [0.25, 0.3) is 0 Å². The maximum Gasteiger partial charge on any atom is 0.0160 e. The van der Waals surface area contributed by atoms with Gasteiger partial charge in [0.1, 0.15) is 0 Å². The predicted molar refractivity (Wildman–Crippen MR) is 152 cm³/mol. The number of aromatic nitrogens is 2. The zero-order valence-electron chi connectivity index (χ0n) is 20.8. The van der Waals surface area contributed by atoms with Gasteiger partial charge >= 0.3 is 0 Å². The van der Waals surface area contributed by atoms with Gasteiger partial charge in [-0.15, -0.1) is 70.8 Å². The summed E-state index contributed by atoms with van der Waals surface area (Å²) in [5.41, 5.74) is 9.00. The van der Waals surface area contributed by atoms with Gasteiger partial charge in [0.05, 0.1) is 0 Å². The normalized spacial score (nSPS) is 10.0. The van der Waals surface area contributed by atoms with Crippen molar-refractivity contribution in [2.75, 3.05) is 0 Å². The van der Waals surface area contributed by atoms with E-state index in [0.717, 1.165) is 28.9 Å². The van der Waals surface area contributed by atoms with Crippen molar-refractivity contribution in [2.45, 2.75) is 6.42 Å². The van der Waals surface area contributed by atoms with Gasteiger partial charge in [-0.05, 0) is 41.1 Å². The molecule has 2 heterocycles. The van der Waals surface area contributed by atoms with E-state index in [1.54, 1.807) is 6.20 Å². The minimum Gasteiger partial charge on any atom is -0.305 e. The second-order valence-corrected chi connectivity index (χ2v) is 8.56. The van der Waals surface area contributed by atoms with Gasteiger partial charge < -0.3 is 9.97 Å². The van der Waals surface area contributed by atoms with Crippen LogP contribution < -0.4 is 0 Å². The van der Waals surface area contributed by atoms with E-state index in [4.69, 9.17) is 0 Å². The van der Waals surface area contributed by atoms with Crippen LogP contribution in [0.4, 0.5) is 0 Å². The Bertz CT molecular complexity index is 1470. The molecule has 187 valence electrons. The standard InChI is InChI=1S/C18H14N.C17H12N.Ir/c1-2-7-15(8-3-1)13-16-9-6-10-17(14-16)18-11-4-5-12-19-18;1-2-7-14(8-3-1)15-9-6-10-16(13-15)17-11-4-5-12-18-17;/h1-9,11-12,14H,13H2;1-9,11-13H;/q2*-1;. The Kier molecular flexibility index (Phi) is 9.87. The van der Waals surface area contributed by atoms with Gasteiger partial charge in [-0.1, -0.05) is 84.9 Å². The minimum atomic E-state index is 0. The largest absolute Gasteiger partial charge is 0.305 e. The van der Waals surface area contributed by atoms with Crippen LogP contribution in [0.2, 0.25) is 0 Å². The Labute approximate surface area is 238 Å². The summed E-state index contributed by atoms with van der Waals surface area (Å²) in [7, 11) is 0. The molecule has 0 saturated carbocycles. The molecule has 0 aliphatic carbocycles. The third-order valence-electron chi connectivity index (χ3n) is 5.91. The monoisotopic (exact) mass is 667 g/mol. The van der Waals surface area contributed by atoms with Crippen molar-refractivity contribution in [1.82, 2.24) is 9.97 Å². The van der Waals surface area contributed by atoms with Crippen molar-refractivity contribution in [3.63, 3.8) is 0 Å². The van der Waals surface area contributed by atoms with Crippen molar-refractivity contribution in [2.24, 2.45) is 0 Å². The van der Waals surface area contributed by atoms with Gasteiger partial charge in [-0.3, -0.25) is 0 Å².